The third-order valence-corrected chi connectivity index (χ3v) is 2.34. The largest absolute Gasteiger partial charge is 0.339 e. The first-order valence-electron chi connectivity index (χ1n) is 4.41. The van der Waals surface area contributed by atoms with Crippen LogP contribution in [0.25, 0.3) is 11.4 Å². The fraction of sp³-hybridized carbons (Fsp3) is 0.100. The summed E-state index contributed by atoms with van der Waals surface area (Å²) >= 11 is 5.82. The number of hydrogen-bond donors (Lipinski definition) is 2. The summed E-state index contributed by atoms with van der Waals surface area (Å²) in [6, 6.07) is 6.12. The molecule has 0 saturated heterocycles. The number of aromatic nitrogens is 2. The van der Waals surface area contributed by atoms with Crippen LogP contribution in [0.3, 0.4) is 0 Å². The van der Waals surface area contributed by atoms with Gasteiger partial charge in [0.1, 0.15) is 11.6 Å². The fourth-order valence-electron chi connectivity index (χ4n) is 1.30. The van der Waals surface area contributed by atoms with Crippen molar-refractivity contribution in [3.63, 3.8) is 0 Å². The van der Waals surface area contributed by atoms with Gasteiger partial charge in [0.15, 0.2) is 5.15 Å². The topological polar surface area (TPSA) is 54.7 Å². The van der Waals surface area contributed by atoms with E-state index in [1.54, 1.807) is 12.1 Å². The number of halogens is 2. The number of hydrogen-bond acceptors (Lipinski definition) is 2. The summed E-state index contributed by atoms with van der Waals surface area (Å²) < 4.78 is 12.9. The molecule has 3 nitrogen and oxygen atoms in total. The first-order valence-corrected chi connectivity index (χ1v) is 4.79. The molecule has 0 fully saturated rings. The van der Waals surface area contributed by atoms with E-state index in [0.29, 0.717) is 22.2 Å². The first-order chi connectivity index (χ1) is 7.20. The molecule has 2 rings (SSSR count). The van der Waals surface area contributed by atoms with Gasteiger partial charge in [-0.25, -0.2) is 9.37 Å². The van der Waals surface area contributed by atoms with Crippen LogP contribution in [-0.2, 0) is 6.54 Å². The Morgan fingerprint density at radius 2 is 2.27 bits per heavy atom. The Morgan fingerprint density at radius 1 is 1.47 bits per heavy atom. The van der Waals surface area contributed by atoms with E-state index in [0.717, 1.165) is 0 Å². The van der Waals surface area contributed by atoms with Crippen molar-refractivity contribution in [3.05, 3.63) is 40.9 Å². The van der Waals surface area contributed by atoms with Crippen molar-refractivity contribution >= 4 is 11.6 Å². The third-order valence-electron chi connectivity index (χ3n) is 2.03. The molecular weight excluding hydrogens is 217 g/mol. The Labute approximate surface area is 91.1 Å². The molecule has 15 heavy (non-hydrogen) atoms. The normalized spacial score (nSPS) is 10.6. The van der Waals surface area contributed by atoms with Crippen molar-refractivity contribution < 1.29 is 4.39 Å². The molecule has 1 aromatic carbocycles. The van der Waals surface area contributed by atoms with E-state index in [9.17, 15) is 4.39 Å². The van der Waals surface area contributed by atoms with Crippen molar-refractivity contribution in [1.29, 1.82) is 0 Å². The van der Waals surface area contributed by atoms with Gasteiger partial charge in [0.2, 0.25) is 0 Å². The molecule has 0 radical (unpaired) electrons. The third kappa shape index (κ3) is 2.00. The molecule has 0 spiro atoms. The van der Waals surface area contributed by atoms with Crippen molar-refractivity contribution in [3.8, 4) is 11.4 Å². The van der Waals surface area contributed by atoms with E-state index in [4.69, 9.17) is 17.3 Å². The second-order valence-corrected chi connectivity index (χ2v) is 3.43. The lowest BCUT2D eigenvalue weighted by Gasteiger charge is -1.95. The Hall–Kier alpha value is -1.39. The molecule has 1 heterocycles. The monoisotopic (exact) mass is 225 g/mol. The van der Waals surface area contributed by atoms with Gasteiger partial charge in [-0.1, -0.05) is 23.7 Å². The molecule has 0 atom stereocenters. The zero-order valence-corrected chi connectivity index (χ0v) is 8.55. The SMILES string of the molecule is NCc1[nH]c(-c2cccc(F)c2)nc1Cl. The van der Waals surface area contributed by atoms with Crippen LogP contribution in [0.4, 0.5) is 4.39 Å². The Kier molecular flexibility index (Phi) is 2.70. The van der Waals surface area contributed by atoms with Crippen LogP contribution < -0.4 is 5.73 Å². The highest BCUT2D eigenvalue weighted by Crippen LogP contribution is 2.21. The summed E-state index contributed by atoms with van der Waals surface area (Å²) in [6.45, 7) is 0.279. The summed E-state index contributed by atoms with van der Waals surface area (Å²) in [5, 5.41) is 0.330. The number of nitrogens with one attached hydrogen (secondary N) is 1. The number of H-pyrrole nitrogens is 1. The lowest BCUT2D eigenvalue weighted by molar-refractivity contribution is 0.628. The summed E-state index contributed by atoms with van der Waals surface area (Å²) in [6.07, 6.45) is 0. The minimum atomic E-state index is -0.311. The molecule has 5 heteroatoms. The quantitative estimate of drug-likeness (QED) is 0.824. The van der Waals surface area contributed by atoms with Crippen LogP contribution in [0.2, 0.25) is 5.15 Å². The zero-order chi connectivity index (χ0) is 10.8. The minimum absolute atomic E-state index is 0.279. The molecule has 2 aromatic rings. The molecule has 3 N–H and O–H groups in total. The van der Waals surface area contributed by atoms with Gasteiger partial charge in [0.25, 0.3) is 0 Å². The lowest BCUT2D eigenvalue weighted by Crippen LogP contribution is -1.96. The first kappa shape index (κ1) is 10.1. The van der Waals surface area contributed by atoms with Crippen LogP contribution in [0, 0.1) is 5.82 Å². The van der Waals surface area contributed by atoms with Gasteiger partial charge in [0, 0.05) is 12.1 Å². The molecule has 0 aliphatic carbocycles. The number of imidazole rings is 1. The second kappa shape index (κ2) is 4.00. The fourth-order valence-corrected chi connectivity index (χ4v) is 1.50. The highest BCUT2D eigenvalue weighted by atomic mass is 35.5. The predicted octanol–water partition coefficient (Wildman–Crippen LogP) is 2.33. The van der Waals surface area contributed by atoms with Gasteiger partial charge in [-0.2, -0.15) is 0 Å². The van der Waals surface area contributed by atoms with Crippen molar-refractivity contribution in [2.75, 3.05) is 0 Å². The maximum atomic E-state index is 12.9. The molecule has 0 unspecified atom stereocenters. The summed E-state index contributed by atoms with van der Waals surface area (Å²) in [5.74, 6) is 0.217. The molecule has 0 amide bonds. The number of nitrogens with two attached hydrogens (primary N) is 1. The number of rotatable bonds is 2. The van der Waals surface area contributed by atoms with Crippen LogP contribution >= 0.6 is 11.6 Å². The van der Waals surface area contributed by atoms with Crippen molar-refractivity contribution in [2.24, 2.45) is 5.73 Å². The van der Waals surface area contributed by atoms with Crippen LogP contribution in [0.5, 0.6) is 0 Å². The number of nitrogens with zero attached hydrogens (tertiary/aromatic N) is 1. The Morgan fingerprint density at radius 3 is 2.87 bits per heavy atom. The van der Waals surface area contributed by atoms with E-state index < -0.39 is 0 Å². The maximum Gasteiger partial charge on any atom is 0.152 e. The van der Waals surface area contributed by atoms with E-state index in [1.165, 1.54) is 12.1 Å². The lowest BCUT2D eigenvalue weighted by atomic mass is 10.2. The van der Waals surface area contributed by atoms with Gasteiger partial charge >= 0.3 is 0 Å². The van der Waals surface area contributed by atoms with Gasteiger partial charge in [-0.15, -0.1) is 0 Å². The van der Waals surface area contributed by atoms with E-state index in [2.05, 4.69) is 9.97 Å². The van der Waals surface area contributed by atoms with E-state index >= 15 is 0 Å². The average molecular weight is 226 g/mol. The molecule has 1 aromatic heterocycles. The van der Waals surface area contributed by atoms with Crippen molar-refractivity contribution in [2.45, 2.75) is 6.54 Å². The maximum absolute atomic E-state index is 12.9. The van der Waals surface area contributed by atoms with Gasteiger partial charge in [-0.05, 0) is 12.1 Å². The number of aromatic amines is 1. The van der Waals surface area contributed by atoms with Gasteiger partial charge in [-0.3, -0.25) is 0 Å². The molecule has 0 aliphatic heterocycles. The molecule has 0 bridgehead atoms. The average Bonchev–Trinajstić information content (AvgIpc) is 2.60. The summed E-state index contributed by atoms with van der Waals surface area (Å²) in [7, 11) is 0. The van der Waals surface area contributed by atoms with Gasteiger partial charge < -0.3 is 10.7 Å². The van der Waals surface area contributed by atoms with Crippen LogP contribution in [-0.4, -0.2) is 9.97 Å². The standard InChI is InChI=1S/C10H9ClFN3/c11-9-8(5-13)14-10(15-9)6-2-1-3-7(12)4-6/h1-4H,5,13H2,(H,14,15). The Balaban J connectivity index is 2.45. The smallest absolute Gasteiger partial charge is 0.152 e. The molecule has 0 aliphatic rings. The minimum Gasteiger partial charge on any atom is -0.339 e. The zero-order valence-electron chi connectivity index (χ0n) is 7.80. The predicted molar refractivity (Wildman–Crippen MR) is 56.9 cm³/mol. The van der Waals surface area contributed by atoms with E-state index in [1.807, 2.05) is 0 Å². The summed E-state index contributed by atoms with van der Waals surface area (Å²) in [4.78, 5) is 7.00. The molecular formula is C10H9ClFN3. The molecule has 78 valence electrons. The molecule has 0 saturated carbocycles. The summed E-state index contributed by atoms with van der Waals surface area (Å²) in [5.41, 5.74) is 6.74. The second-order valence-electron chi connectivity index (χ2n) is 3.07. The van der Waals surface area contributed by atoms with Crippen LogP contribution in [0.15, 0.2) is 24.3 Å². The highest BCUT2D eigenvalue weighted by molar-refractivity contribution is 6.30. The number of benzene rings is 1. The van der Waals surface area contributed by atoms with E-state index in [-0.39, 0.29) is 12.4 Å². The van der Waals surface area contributed by atoms with Gasteiger partial charge in [0.05, 0.1) is 5.69 Å². The van der Waals surface area contributed by atoms with Crippen molar-refractivity contribution in [1.82, 2.24) is 9.97 Å². The highest BCUT2D eigenvalue weighted by Gasteiger charge is 2.08. The Bertz CT molecular complexity index is 481. The van der Waals surface area contributed by atoms with Crippen LogP contribution in [0.1, 0.15) is 5.69 Å².